The first-order valence-corrected chi connectivity index (χ1v) is 7.06. The number of ether oxygens (including phenoxy) is 1. The monoisotopic (exact) mass is 251 g/mol. The van der Waals surface area contributed by atoms with Gasteiger partial charge in [-0.1, -0.05) is 0 Å². The second-order valence-corrected chi connectivity index (χ2v) is 5.26. The van der Waals surface area contributed by atoms with Crippen LogP contribution in [0.4, 0.5) is 0 Å². The molecule has 0 aromatic carbocycles. The molecule has 2 heterocycles. The van der Waals surface area contributed by atoms with Crippen molar-refractivity contribution < 1.29 is 4.74 Å². The zero-order valence-electron chi connectivity index (χ0n) is 11.6. The fourth-order valence-corrected chi connectivity index (χ4v) is 2.71. The van der Waals surface area contributed by atoms with Gasteiger partial charge in [0.05, 0.1) is 12.0 Å². The average Bonchev–Trinajstić information content (AvgIpc) is 2.83. The van der Waals surface area contributed by atoms with Gasteiger partial charge in [-0.05, 0) is 39.0 Å². The molecule has 0 spiro atoms. The Morgan fingerprint density at radius 1 is 1.44 bits per heavy atom. The van der Waals surface area contributed by atoms with Gasteiger partial charge >= 0.3 is 0 Å². The Morgan fingerprint density at radius 3 is 3.11 bits per heavy atom. The van der Waals surface area contributed by atoms with Crippen molar-refractivity contribution in [3.63, 3.8) is 0 Å². The van der Waals surface area contributed by atoms with Crippen LogP contribution in [0.25, 0.3) is 0 Å². The molecule has 1 aliphatic heterocycles. The largest absolute Gasteiger partial charge is 0.385 e. The van der Waals surface area contributed by atoms with Crippen LogP contribution < -0.4 is 5.32 Å². The molecule has 2 atom stereocenters. The van der Waals surface area contributed by atoms with E-state index in [0.717, 1.165) is 26.0 Å². The van der Waals surface area contributed by atoms with Crippen molar-refractivity contribution in [1.82, 2.24) is 14.9 Å². The summed E-state index contributed by atoms with van der Waals surface area (Å²) in [5.41, 5.74) is 1.35. The highest BCUT2D eigenvalue weighted by molar-refractivity contribution is 5.07. The Kier molecular flexibility index (Phi) is 5.20. The summed E-state index contributed by atoms with van der Waals surface area (Å²) >= 11 is 0. The molecule has 1 aliphatic rings. The Bertz CT molecular complexity index is 351. The first-order valence-electron chi connectivity index (χ1n) is 7.06. The quantitative estimate of drug-likeness (QED) is 0.790. The predicted octanol–water partition coefficient (Wildman–Crippen LogP) is 2.51. The molecular weight excluding hydrogens is 226 g/mol. The standard InChI is InChI=1S/C14H25N3O/c1-12-6-5-7-13(16-12)14-10-15-11-17(14)8-3-4-9-18-2/h10-13,16H,3-9H2,1-2H3. The second-order valence-electron chi connectivity index (χ2n) is 5.26. The average molecular weight is 251 g/mol. The maximum atomic E-state index is 5.08. The van der Waals surface area contributed by atoms with Crippen molar-refractivity contribution in [2.75, 3.05) is 13.7 Å². The first-order chi connectivity index (χ1) is 8.81. The SMILES string of the molecule is COCCCCn1cncc1C1CCCC(C)N1. The summed E-state index contributed by atoms with van der Waals surface area (Å²) in [5, 5.41) is 3.68. The number of piperidine rings is 1. The molecule has 4 nitrogen and oxygen atoms in total. The summed E-state index contributed by atoms with van der Waals surface area (Å²) in [7, 11) is 1.76. The van der Waals surface area contributed by atoms with Crippen LogP contribution in [-0.4, -0.2) is 29.3 Å². The summed E-state index contributed by atoms with van der Waals surface area (Å²) < 4.78 is 7.38. The van der Waals surface area contributed by atoms with E-state index in [-0.39, 0.29) is 0 Å². The number of aryl methyl sites for hydroxylation is 1. The summed E-state index contributed by atoms with van der Waals surface area (Å²) in [6.45, 7) is 4.17. The lowest BCUT2D eigenvalue weighted by Gasteiger charge is -2.29. The maximum absolute atomic E-state index is 5.08. The van der Waals surface area contributed by atoms with Crippen LogP contribution in [-0.2, 0) is 11.3 Å². The topological polar surface area (TPSA) is 39.1 Å². The number of rotatable bonds is 6. The minimum Gasteiger partial charge on any atom is -0.385 e. The summed E-state index contributed by atoms with van der Waals surface area (Å²) in [6, 6.07) is 1.11. The highest BCUT2D eigenvalue weighted by Gasteiger charge is 2.21. The number of unbranched alkanes of at least 4 members (excludes halogenated alkanes) is 1. The third-order valence-corrected chi connectivity index (χ3v) is 3.71. The molecule has 4 heteroatoms. The van der Waals surface area contributed by atoms with Gasteiger partial charge in [-0.2, -0.15) is 0 Å². The van der Waals surface area contributed by atoms with Crippen LogP contribution >= 0.6 is 0 Å². The number of nitrogens with one attached hydrogen (secondary N) is 1. The lowest BCUT2D eigenvalue weighted by molar-refractivity contribution is 0.191. The van der Waals surface area contributed by atoms with Crippen molar-refractivity contribution in [1.29, 1.82) is 0 Å². The molecule has 1 N–H and O–H groups in total. The summed E-state index contributed by atoms with van der Waals surface area (Å²) in [5.74, 6) is 0. The van der Waals surface area contributed by atoms with E-state index in [0.29, 0.717) is 12.1 Å². The second kappa shape index (κ2) is 6.90. The van der Waals surface area contributed by atoms with Crippen LogP contribution in [0.5, 0.6) is 0 Å². The zero-order valence-corrected chi connectivity index (χ0v) is 11.6. The van der Waals surface area contributed by atoms with Gasteiger partial charge in [0.25, 0.3) is 0 Å². The summed E-state index contributed by atoms with van der Waals surface area (Å²) in [4.78, 5) is 4.31. The van der Waals surface area contributed by atoms with Crippen molar-refractivity contribution in [3.8, 4) is 0 Å². The minimum atomic E-state index is 0.485. The van der Waals surface area contributed by atoms with Gasteiger partial charge in [-0.15, -0.1) is 0 Å². The lowest BCUT2D eigenvalue weighted by Crippen LogP contribution is -2.35. The van der Waals surface area contributed by atoms with Crippen LogP contribution in [0.15, 0.2) is 12.5 Å². The van der Waals surface area contributed by atoms with E-state index in [4.69, 9.17) is 4.74 Å². The van der Waals surface area contributed by atoms with E-state index in [1.807, 2.05) is 12.5 Å². The van der Waals surface area contributed by atoms with Gasteiger partial charge in [-0.25, -0.2) is 4.98 Å². The number of hydrogen-bond acceptors (Lipinski definition) is 3. The minimum absolute atomic E-state index is 0.485. The van der Waals surface area contributed by atoms with Crippen LogP contribution in [0.2, 0.25) is 0 Å². The van der Waals surface area contributed by atoms with Gasteiger partial charge < -0.3 is 14.6 Å². The Morgan fingerprint density at radius 2 is 2.33 bits per heavy atom. The van der Waals surface area contributed by atoms with Gasteiger partial charge in [0, 0.05) is 38.5 Å². The van der Waals surface area contributed by atoms with E-state index in [1.165, 1.54) is 25.0 Å². The van der Waals surface area contributed by atoms with Crippen molar-refractivity contribution >= 4 is 0 Å². The Balaban J connectivity index is 1.90. The molecule has 0 amide bonds. The van der Waals surface area contributed by atoms with Gasteiger partial charge in [0.1, 0.15) is 0 Å². The number of hydrogen-bond donors (Lipinski definition) is 1. The van der Waals surface area contributed by atoms with Crippen molar-refractivity contribution in [2.45, 2.75) is 57.7 Å². The zero-order chi connectivity index (χ0) is 12.8. The van der Waals surface area contributed by atoms with Crippen LogP contribution in [0.3, 0.4) is 0 Å². The predicted molar refractivity (Wildman–Crippen MR) is 72.5 cm³/mol. The molecule has 2 unspecified atom stereocenters. The molecule has 1 aromatic heterocycles. The number of imidazole rings is 1. The molecule has 1 saturated heterocycles. The Labute approximate surface area is 110 Å². The number of methoxy groups -OCH3 is 1. The fraction of sp³-hybridized carbons (Fsp3) is 0.786. The Hall–Kier alpha value is -0.870. The van der Waals surface area contributed by atoms with Gasteiger partial charge in [-0.3, -0.25) is 0 Å². The van der Waals surface area contributed by atoms with Crippen LogP contribution in [0.1, 0.15) is 50.8 Å². The number of nitrogens with zero attached hydrogens (tertiary/aromatic N) is 2. The molecule has 0 radical (unpaired) electrons. The smallest absolute Gasteiger partial charge is 0.0948 e. The van der Waals surface area contributed by atoms with E-state index < -0.39 is 0 Å². The molecule has 0 aliphatic carbocycles. The molecule has 102 valence electrons. The maximum Gasteiger partial charge on any atom is 0.0948 e. The normalized spacial score (nSPS) is 24.3. The molecule has 1 aromatic rings. The van der Waals surface area contributed by atoms with Crippen molar-refractivity contribution in [2.24, 2.45) is 0 Å². The first kappa shape index (κ1) is 13.6. The third-order valence-electron chi connectivity index (χ3n) is 3.71. The molecule has 0 bridgehead atoms. The van der Waals surface area contributed by atoms with E-state index >= 15 is 0 Å². The molecular formula is C14H25N3O. The highest BCUT2D eigenvalue weighted by atomic mass is 16.5. The highest BCUT2D eigenvalue weighted by Crippen LogP contribution is 2.25. The van der Waals surface area contributed by atoms with E-state index in [9.17, 15) is 0 Å². The van der Waals surface area contributed by atoms with Gasteiger partial charge in [0.15, 0.2) is 0 Å². The number of aromatic nitrogens is 2. The third kappa shape index (κ3) is 3.56. The molecule has 0 saturated carbocycles. The lowest BCUT2D eigenvalue weighted by atomic mass is 9.97. The van der Waals surface area contributed by atoms with Gasteiger partial charge in [0.2, 0.25) is 0 Å². The fourth-order valence-electron chi connectivity index (χ4n) is 2.71. The molecule has 18 heavy (non-hydrogen) atoms. The summed E-state index contributed by atoms with van der Waals surface area (Å²) in [6.07, 6.45) is 10.1. The molecule has 2 rings (SSSR count). The molecule has 1 fully saturated rings. The van der Waals surface area contributed by atoms with E-state index in [2.05, 4.69) is 21.8 Å². The van der Waals surface area contributed by atoms with Crippen molar-refractivity contribution in [3.05, 3.63) is 18.2 Å². The van der Waals surface area contributed by atoms with E-state index in [1.54, 1.807) is 7.11 Å². The van der Waals surface area contributed by atoms with Crippen LogP contribution in [0, 0.1) is 0 Å².